The van der Waals surface area contributed by atoms with E-state index < -0.39 is 0 Å². The number of nitrogens with one attached hydrogen (secondary N) is 1. The lowest BCUT2D eigenvalue weighted by Crippen LogP contribution is -2.39. The number of carbonyl (C=O) groups excluding carboxylic acids is 1. The quantitative estimate of drug-likeness (QED) is 0.942. The molecule has 0 bridgehead atoms. The van der Waals surface area contributed by atoms with E-state index >= 15 is 0 Å². The van der Waals surface area contributed by atoms with Gasteiger partial charge in [0.2, 0.25) is 6.79 Å². The van der Waals surface area contributed by atoms with Crippen LogP contribution in [0.3, 0.4) is 0 Å². The van der Waals surface area contributed by atoms with E-state index in [2.05, 4.69) is 10.3 Å². The molecule has 4 rings (SSSR count). The van der Waals surface area contributed by atoms with E-state index in [0.29, 0.717) is 6.54 Å². The molecular weight excluding hydrogens is 306 g/mol. The third-order valence-electron chi connectivity index (χ3n) is 4.49. The maximum atomic E-state index is 12.6. The lowest BCUT2D eigenvalue weighted by molar-refractivity contribution is 0.174. The van der Waals surface area contributed by atoms with Crippen LogP contribution in [0, 0.1) is 0 Å². The third-order valence-corrected chi connectivity index (χ3v) is 4.49. The monoisotopic (exact) mass is 325 g/mol. The Morgan fingerprint density at radius 2 is 2.04 bits per heavy atom. The smallest absolute Gasteiger partial charge is 0.318 e. The first-order valence-electron chi connectivity index (χ1n) is 8.14. The predicted molar refractivity (Wildman–Crippen MR) is 87.7 cm³/mol. The van der Waals surface area contributed by atoms with Gasteiger partial charge in [-0.2, -0.15) is 0 Å². The molecule has 2 aromatic rings. The summed E-state index contributed by atoms with van der Waals surface area (Å²) in [6.07, 6.45) is 5.55. The molecule has 0 unspecified atom stereocenters. The van der Waals surface area contributed by atoms with Crippen LogP contribution in [0.2, 0.25) is 0 Å². The second kappa shape index (κ2) is 6.39. The van der Waals surface area contributed by atoms with E-state index in [4.69, 9.17) is 9.47 Å². The summed E-state index contributed by atoms with van der Waals surface area (Å²) < 4.78 is 10.7. The third kappa shape index (κ3) is 2.87. The number of rotatable bonds is 3. The molecule has 1 aromatic carbocycles. The number of carbonyl (C=O) groups is 1. The number of benzene rings is 1. The van der Waals surface area contributed by atoms with Crippen LogP contribution in [-0.4, -0.2) is 29.3 Å². The molecule has 24 heavy (non-hydrogen) atoms. The maximum absolute atomic E-state index is 12.6. The number of aromatic nitrogens is 1. The molecule has 1 fully saturated rings. The summed E-state index contributed by atoms with van der Waals surface area (Å²) in [7, 11) is 0. The van der Waals surface area contributed by atoms with Crippen LogP contribution in [0.1, 0.15) is 30.0 Å². The van der Waals surface area contributed by atoms with Crippen molar-refractivity contribution in [2.75, 3.05) is 13.3 Å². The van der Waals surface area contributed by atoms with E-state index in [1.165, 1.54) is 0 Å². The van der Waals surface area contributed by atoms with Crippen molar-refractivity contribution in [3.8, 4) is 11.5 Å². The van der Waals surface area contributed by atoms with Crippen molar-refractivity contribution in [1.82, 2.24) is 15.2 Å². The van der Waals surface area contributed by atoms with Gasteiger partial charge in [0.15, 0.2) is 11.5 Å². The topological polar surface area (TPSA) is 63.7 Å². The molecule has 6 nitrogen and oxygen atoms in total. The highest BCUT2D eigenvalue weighted by molar-refractivity contribution is 5.75. The number of nitrogens with zero attached hydrogens (tertiary/aromatic N) is 2. The predicted octanol–water partition coefficient (Wildman–Crippen LogP) is 2.86. The molecule has 0 aliphatic carbocycles. The molecule has 124 valence electrons. The molecule has 2 aliphatic heterocycles. The second-order valence-corrected chi connectivity index (χ2v) is 5.98. The molecule has 1 atom stereocenters. The van der Waals surface area contributed by atoms with Gasteiger partial charge in [-0.25, -0.2) is 4.79 Å². The molecule has 3 heterocycles. The fourth-order valence-electron chi connectivity index (χ4n) is 3.27. The first kappa shape index (κ1) is 14.8. The number of amides is 2. The molecule has 0 radical (unpaired) electrons. The van der Waals surface area contributed by atoms with Crippen LogP contribution in [0.25, 0.3) is 0 Å². The summed E-state index contributed by atoms with van der Waals surface area (Å²) >= 11 is 0. The Hall–Kier alpha value is -2.76. The van der Waals surface area contributed by atoms with Gasteiger partial charge in [0.05, 0.1) is 6.04 Å². The molecule has 6 heteroatoms. The highest BCUT2D eigenvalue weighted by Gasteiger charge is 2.29. The molecule has 0 saturated carbocycles. The number of ether oxygens (including phenoxy) is 2. The van der Waals surface area contributed by atoms with Gasteiger partial charge in [-0.15, -0.1) is 0 Å². The number of fused-ring (bicyclic) bond motifs is 1. The molecule has 0 spiro atoms. The number of urea groups is 1. The summed E-state index contributed by atoms with van der Waals surface area (Å²) in [6.45, 7) is 1.50. The van der Waals surface area contributed by atoms with Crippen LogP contribution in [0.4, 0.5) is 4.79 Å². The maximum Gasteiger partial charge on any atom is 0.318 e. The first-order chi connectivity index (χ1) is 11.8. The standard InChI is InChI=1S/C18H19N3O3/c22-18(20-11-13-3-4-16-17(10-13)24-12-23-16)21-9-1-2-15(21)14-5-7-19-8-6-14/h3-8,10,15H,1-2,9,11-12H2,(H,20,22)/t15-/m1/s1. The molecular formula is C18H19N3O3. The summed E-state index contributed by atoms with van der Waals surface area (Å²) in [6, 6.07) is 9.78. The summed E-state index contributed by atoms with van der Waals surface area (Å²) in [4.78, 5) is 18.5. The van der Waals surface area contributed by atoms with Crippen LogP contribution >= 0.6 is 0 Å². The Bertz CT molecular complexity index is 736. The largest absolute Gasteiger partial charge is 0.454 e. The fraction of sp³-hybridized carbons (Fsp3) is 0.333. The van der Waals surface area contributed by atoms with Gasteiger partial charge in [-0.05, 0) is 48.2 Å². The van der Waals surface area contributed by atoms with E-state index in [-0.39, 0.29) is 18.9 Å². The summed E-state index contributed by atoms with van der Waals surface area (Å²) in [5.74, 6) is 1.49. The summed E-state index contributed by atoms with van der Waals surface area (Å²) in [5, 5.41) is 3.01. The molecule has 1 N–H and O–H groups in total. The summed E-state index contributed by atoms with van der Waals surface area (Å²) in [5.41, 5.74) is 2.13. The van der Waals surface area contributed by atoms with Gasteiger partial charge in [-0.1, -0.05) is 6.07 Å². The van der Waals surface area contributed by atoms with Gasteiger partial charge in [0.25, 0.3) is 0 Å². The second-order valence-electron chi connectivity index (χ2n) is 5.98. The number of pyridine rings is 1. The Balaban J connectivity index is 1.40. The minimum Gasteiger partial charge on any atom is -0.454 e. The van der Waals surface area contributed by atoms with Crippen molar-refractivity contribution in [2.24, 2.45) is 0 Å². The Kier molecular flexibility index (Phi) is 3.94. The number of likely N-dealkylation sites (tertiary alicyclic amines) is 1. The zero-order valence-electron chi connectivity index (χ0n) is 13.3. The zero-order valence-corrected chi connectivity index (χ0v) is 13.3. The minimum atomic E-state index is -0.0352. The van der Waals surface area contributed by atoms with Crippen molar-refractivity contribution in [1.29, 1.82) is 0 Å². The van der Waals surface area contributed by atoms with Crippen LogP contribution in [-0.2, 0) is 6.54 Å². The Morgan fingerprint density at radius 3 is 2.92 bits per heavy atom. The molecule has 2 aliphatic rings. The van der Waals surface area contributed by atoms with Crippen molar-refractivity contribution >= 4 is 6.03 Å². The SMILES string of the molecule is O=C(NCc1ccc2c(c1)OCO2)N1CCC[C@@H]1c1ccncc1. The number of hydrogen-bond donors (Lipinski definition) is 1. The Labute approximate surface area is 140 Å². The lowest BCUT2D eigenvalue weighted by atomic mass is 10.1. The van der Waals surface area contributed by atoms with E-state index in [1.807, 2.05) is 35.2 Å². The average molecular weight is 325 g/mol. The Morgan fingerprint density at radius 1 is 1.21 bits per heavy atom. The minimum absolute atomic E-state index is 0.0352. The van der Waals surface area contributed by atoms with Crippen LogP contribution in [0.5, 0.6) is 11.5 Å². The highest BCUT2D eigenvalue weighted by Crippen LogP contribution is 2.33. The highest BCUT2D eigenvalue weighted by atomic mass is 16.7. The zero-order chi connectivity index (χ0) is 16.4. The number of hydrogen-bond acceptors (Lipinski definition) is 4. The molecule has 2 amide bonds. The van der Waals surface area contributed by atoms with Crippen LogP contribution in [0.15, 0.2) is 42.7 Å². The van der Waals surface area contributed by atoms with Gasteiger partial charge in [0.1, 0.15) is 0 Å². The van der Waals surface area contributed by atoms with E-state index in [9.17, 15) is 4.79 Å². The lowest BCUT2D eigenvalue weighted by Gasteiger charge is -2.25. The average Bonchev–Trinajstić information content (AvgIpc) is 3.29. The van der Waals surface area contributed by atoms with Gasteiger partial charge in [-0.3, -0.25) is 4.98 Å². The van der Waals surface area contributed by atoms with Gasteiger partial charge < -0.3 is 19.7 Å². The molecule has 1 saturated heterocycles. The fourth-order valence-corrected chi connectivity index (χ4v) is 3.27. The van der Waals surface area contributed by atoms with Gasteiger partial charge in [0, 0.05) is 25.5 Å². The van der Waals surface area contributed by atoms with Crippen LogP contribution < -0.4 is 14.8 Å². The van der Waals surface area contributed by atoms with Gasteiger partial charge >= 0.3 is 6.03 Å². The normalized spacial score (nSPS) is 18.7. The van der Waals surface area contributed by atoms with E-state index in [1.54, 1.807) is 12.4 Å². The van der Waals surface area contributed by atoms with Crippen molar-refractivity contribution < 1.29 is 14.3 Å². The first-order valence-corrected chi connectivity index (χ1v) is 8.14. The molecule has 1 aromatic heterocycles. The van der Waals surface area contributed by atoms with Crippen molar-refractivity contribution in [3.05, 3.63) is 53.9 Å². The van der Waals surface area contributed by atoms with Crippen molar-refractivity contribution in [2.45, 2.75) is 25.4 Å². The van der Waals surface area contributed by atoms with Crippen molar-refractivity contribution in [3.63, 3.8) is 0 Å². The van der Waals surface area contributed by atoms with E-state index in [0.717, 1.165) is 42.0 Å².